The first-order chi connectivity index (χ1) is 11.1. The molecule has 0 saturated heterocycles. The number of benzene rings is 2. The largest absolute Gasteiger partial charge is 0.326 e. The lowest BCUT2D eigenvalue weighted by Crippen LogP contribution is -2.04. The molecule has 0 saturated carbocycles. The zero-order valence-electron chi connectivity index (χ0n) is 14.0. The van der Waals surface area contributed by atoms with E-state index in [1.165, 1.54) is 25.3 Å². The highest BCUT2D eigenvalue weighted by molar-refractivity contribution is 5.89. The molecule has 0 radical (unpaired) electrons. The molecule has 0 aliphatic carbocycles. The number of hydrogen-bond acceptors (Lipinski definition) is 2. The zero-order chi connectivity index (χ0) is 16.7. The summed E-state index contributed by atoms with van der Waals surface area (Å²) in [5, 5.41) is 2.74. The van der Waals surface area contributed by atoms with Crippen molar-refractivity contribution in [2.45, 2.75) is 39.5 Å². The minimum absolute atomic E-state index is 0.0707. The Morgan fingerprint density at radius 1 is 1.13 bits per heavy atom. The van der Waals surface area contributed by atoms with Crippen LogP contribution in [0.5, 0.6) is 0 Å². The summed E-state index contributed by atoms with van der Waals surface area (Å²) in [6.07, 6.45) is 4.29. The summed E-state index contributed by atoms with van der Waals surface area (Å²) in [7, 11) is 0. The van der Waals surface area contributed by atoms with E-state index in [0.29, 0.717) is 5.92 Å². The minimum atomic E-state index is -0.0707. The maximum Gasteiger partial charge on any atom is 0.221 e. The van der Waals surface area contributed by atoms with E-state index in [1.807, 2.05) is 30.5 Å². The molecule has 3 heteroatoms. The maximum atomic E-state index is 11.0. The van der Waals surface area contributed by atoms with Gasteiger partial charge in [-0.05, 0) is 47.7 Å². The first-order valence-corrected chi connectivity index (χ1v) is 8.10. The Kier molecular flexibility index (Phi) is 6.10. The number of carbonyl (C=O) groups is 1. The molecule has 3 nitrogen and oxygen atoms in total. The van der Waals surface area contributed by atoms with Crippen molar-refractivity contribution in [1.82, 2.24) is 0 Å². The van der Waals surface area contributed by atoms with Gasteiger partial charge in [0.15, 0.2) is 0 Å². The smallest absolute Gasteiger partial charge is 0.221 e. The third-order valence-corrected chi connectivity index (χ3v) is 3.78. The molecule has 0 spiro atoms. The highest BCUT2D eigenvalue weighted by Gasteiger charge is 2.03. The van der Waals surface area contributed by atoms with Crippen LogP contribution < -0.4 is 5.32 Å². The lowest BCUT2D eigenvalue weighted by molar-refractivity contribution is -0.114. The van der Waals surface area contributed by atoms with Gasteiger partial charge < -0.3 is 5.32 Å². The summed E-state index contributed by atoms with van der Waals surface area (Å²) in [5.74, 6) is 0.533. The van der Waals surface area contributed by atoms with E-state index in [1.54, 1.807) is 0 Å². The lowest BCUT2D eigenvalue weighted by atomic mass is 9.96. The van der Waals surface area contributed by atoms with E-state index in [2.05, 4.69) is 48.4 Å². The second-order valence-corrected chi connectivity index (χ2v) is 5.84. The minimum Gasteiger partial charge on any atom is -0.326 e. The maximum absolute atomic E-state index is 11.0. The molecule has 2 rings (SSSR count). The third kappa shape index (κ3) is 5.37. The fourth-order valence-corrected chi connectivity index (χ4v) is 2.49. The first-order valence-electron chi connectivity index (χ1n) is 8.10. The predicted octanol–water partition coefficient (Wildman–Crippen LogP) is 5.30. The molecule has 0 aliphatic rings. The van der Waals surface area contributed by atoms with Crippen LogP contribution in [-0.2, 0) is 4.79 Å². The highest BCUT2D eigenvalue weighted by atomic mass is 16.1. The van der Waals surface area contributed by atoms with Crippen molar-refractivity contribution in [3.63, 3.8) is 0 Å². The van der Waals surface area contributed by atoms with Crippen molar-refractivity contribution < 1.29 is 4.79 Å². The SMILES string of the molecule is CCCC(C)c1ccc(C=Nc2ccc(NC(C)=O)cc2)cc1. The predicted molar refractivity (Wildman–Crippen MR) is 97.8 cm³/mol. The molecule has 1 amide bonds. The molecule has 0 aromatic heterocycles. The average Bonchev–Trinajstić information content (AvgIpc) is 2.54. The number of aliphatic imine (C=N–C) groups is 1. The standard InChI is InChI=1S/C20H24N2O/c1-4-5-15(2)18-8-6-17(7-9-18)14-21-19-10-12-20(13-11-19)22-16(3)23/h6-15H,4-5H2,1-3H3,(H,22,23). The second-order valence-electron chi connectivity index (χ2n) is 5.84. The zero-order valence-corrected chi connectivity index (χ0v) is 14.0. The van der Waals surface area contributed by atoms with Crippen molar-refractivity contribution in [2.75, 3.05) is 5.32 Å². The molecule has 1 atom stereocenters. The molecule has 0 heterocycles. The molecule has 1 N–H and O–H groups in total. The van der Waals surface area contributed by atoms with E-state index in [9.17, 15) is 4.79 Å². The van der Waals surface area contributed by atoms with E-state index in [0.717, 1.165) is 16.9 Å². The average molecular weight is 308 g/mol. The van der Waals surface area contributed by atoms with E-state index in [-0.39, 0.29) is 5.91 Å². The van der Waals surface area contributed by atoms with Gasteiger partial charge in [0.05, 0.1) is 5.69 Å². The van der Waals surface area contributed by atoms with Crippen LogP contribution in [0, 0.1) is 0 Å². The monoisotopic (exact) mass is 308 g/mol. The number of nitrogens with one attached hydrogen (secondary N) is 1. The van der Waals surface area contributed by atoms with Crippen LogP contribution in [0.1, 0.15) is 50.7 Å². The van der Waals surface area contributed by atoms with Gasteiger partial charge in [-0.25, -0.2) is 0 Å². The van der Waals surface area contributed by atoms with Gasteiger partial charge in [-0.2, -0.15) is 0 Å². The molecular formula is C20H24N2O. The Labute approximate surface area is 138 Å². The molecule has 0 bridgehead atoms. The van der Waals surface area contributed by atoms with Crippen LogP contribution in [0.2, 0.25) is 0 Å². The first kappa shape index (κ1) is 16.9. The summed E-state index contributed by atoms with van der Waals surface area (Å²) in [4.78, 5) is 15.5. The fourth-order valence-electron chi connectivity index (χ4n) is 2.49. The summed E-state index contributed by atoms with van der Waals surface area (Å²) in [6.45, 7) is 5.98. The Balaban J connectivity index is 2.01. The van der Waals surface area contributed by atoms with Gasteiger partial charge in [0.2, 0.25) is 5.91 Å². The van der Waals surface area contributed by atoms with Crippen molar-refractivity contribution in [3.8, 4) is 0 Å². The van der Waals surface area contributed by atoms with E-state index < -0.39 is 0 Å². The normalized spacial score (nSPS) is 12.3. The number of anilines is 1. The van der Waals surface area contributed by atoms with Gasteiger partial charge in [0.25, 0.3) is 0 Å². The van der Waals surface area contributed by atoms with Crippen molar-refractivity contribution in [1.29, 1.82) is 0 Å². The van der Waals surface area contributed by atoms with Gasteiger partial charge in [0.1, 0.15) is 0 Å². The highest BCUT2D eigenvalue weighted by Crippen LogP contribution is 2.21. The van der Waals surface area contributed by atoms with Crippen LogP contribution in [0.15, 0.2) is 53.5 Å². The number of amides is 1. The number of nitrogens with zero attached hydrogens (tertiary/aromatic N) is 1. The molecule has 2 aromatic carbocycles. The van der Waals surface area contributed by atoms with Gasteiger partial charge in [0, 0.05) is 18.8 Å². The van der Waals surface area contributed by atoms with E-state index in [4.69, 9.17) is 0 Å². The fraction of sp³-hybridized carbons (Fsp3) is 0.300. The second kappa shape index (κ2) is 8.28. The van der Waals surface area contributed by atoms with Crippen LogP contribution in [0.4, 0.5) is 11.4 Å². The molecule has 120 valence electrons. The van der Waals surface area contributed by atoms with Crippen LogP contribution >= 0.6 is 0 Å². The molecule has 2 aromatic rings. The van der Waals surface area contributed by atoms with Crippen molar-refractivity contribution >= 4 is 23.5 Å². The van der Waals surface area contributed by atoms with Gasteiger partial charge in [-0.3, -0.25) is 9.79 Å². The quantitative estimate of drug-likeness (QED) is 0.723. The topological polar surface area (TPSA) is 41.5 Å². The van der Waals surface area contributed by atoms with Crippen LogP contribution in [0.25, 0.3) is 0 Å². The molecular weight excluding hydrogens is 284 g/mol. The van der Waals surface area contributed by atoms with Crippen LogP contribution in [0.3, 0.4) is 0 Å². The van der Waals surface area contributed by atoms with Crippen LogP contribution in [-0.4, -0.2) is 12.1 Å². The Morgan fingerprint density at radius 2 is 1.78 bits per heavy atom. The molecule has 1 unspecified atom stereocenters. The van der Waals surface area contributed by atoms with Gasteiger partial charge >= 0.3 is 0 Å². The van der Waals surface area contributed by atoms with Gasteiger partial charge in [-0.1, -0.05) is 44.5 Å². The van der Waals surface area contributed by atoms with Crippen molar-refractivity contribution in [3.05, 3.63) is 59.7 Å². The number of carbonyl (C=O) groups excluding carboxylic acids is 1. The van der Waals surface area contributed by atoms with E-state index >= 15 is 0 Å². The summed E-state index contributed by atoms with van der Waals surface area (Å²) in [5.41, 5.74) is 4.11. The summed E-state index contributed by atoms with van der Waals surface area (Å²) in [6, 6.07) is 16.1. The van der Waals surface area contributed by atoms with Crippen molar-refractivity contribution in [2.24, 2.45) is 4.99 Å². The molecule has 0 fully saturated rings. The Morgan fingerprint density at radius 3 is 2.35 bits per heavy atom. The molecule has 0 aliphatic heterocycles. The summed E-state index contributed by atoms with van der Waals surface area (Å²) < 4.78 is 0. The Bertz CT molecular complexity index is 657. The van der Waals surface area contributed by atoms with Gasteiger partial charge in [-0.15, -0.1) is 0 Å². The lowest BCUT2D eigenvalue weighted by Gasteiger charge is -2.10. The molecule has 23 heavy (non-hydrogen) atoms. The summed E-state index contributed by atoms with van der Waals surface area (Å²) >= 11 is 0. The Hall–Kier alpha value is -2.42. The number of rotatable bonds is 6. The number of hydrogen-bond donors (Lipinski definition) is 1. The third-order valence-electron chi connectivity index (χ3n) is 3.78.